The monoisotopic (exact) mass is 363 g/mol. The van der Waals surface area contributed by atoms with Crippen LogP contribution in [0.4, 0.5) is 15.3 Å². The molecule has 2 saturated heterocycles. The molecule has 2 N–H and O–H groups in total. The Hall–Kier alpha value is -2.48. The van der Waals surface area contributed by atoms with E-state index in [-0.39, 0.29) is 18.2 Å². The van der Waals surface area contributed by atoms with Crippen LogP contribution in [0.15, 0.2) is 24.3 Å². The summed E-state index contributed by atoms with van der Waals surface area (Å²) in [6.45, 7) is 3.29. The van der Waals surface area contributed by atoms with E-state index in [2.05, 4.69) is 10.6 Å². The molecule has 142 valence electrons. The summed E-state index contributed by atoms with van der Waals surface area (Å²) >= 11 is 0. The number of amides is 3. The van der Waals surface area contributed by atoms with Crippen LogP contribution >= 0.6 is 0 Å². The summed E-state index contributed by atoms with van der Waals surface area (Å²) in [5.41, 5.74) is 0.671. The number of hydrogen-bond acceptors (Lipinski definition) is 5. The minimum Gasteiger partial charge on any atom is -0.491 e. The molecule has 1 atom stereocenters. The van der Waals surface area contributed by atoms with Crippen molar-refractivity contribution in [2.24, 2.45) is 0 Å². The zero-order chi connectivity index (χ0) is 18.2. The highest BCUT2D eigenvalue weighted by Gasteiger charge is 2.19. The van der Waals surface area contributed by atoms with Gasteiger partial charge in [0.15, 0.2) is 0 Å². The highest BCUT2D eigenvalue weighted by atomic mass is 16.6. The van der Waals surface area contributed by atoms with Crippen molar-refractivity contribution in [2.45, 2.75) is 25.4 Å². The number of nitrogens with one attached hydrogen (secondary N) is 2. The Morgan fingerprint density at radius 3 is 2.81 bits per heavy atom. The molecule has 1 aromatic rings. The van der Waals surface area contributed by atoms with E-state index in [1.165, 1.54) is 0 Å². The maximum absolute atomic E-state index is 11.9. The number of nitrogens with zero attached hydrogens (tertiary/aromatic N) is 1. The number of carbonyl (C=O) groups is 2. The molecule has 2 heterocycles. The average molecular weight is 363 g/mol. The van der Waals surface area contributed by atoms with Crippen LogP contribution in [0.1, 0.15) is 19.3 Å². The zero-order valence-corrected chi connectivity index (χ0v) is 14.7. The van der Waals surface area contributed by atoms with Gasteiger partial charge in [0.25, 0.3) is 0 Å². The molecule has 2 aliphatic rings. The Bertz CT molecular complexity index is 601. The van der Waals surface area contributed by atoms with Crippen LogP contribution in [0.2, 0.25) is 0 Å². The predicted molar refractivity (Wildman–Crippen MR) is 95.5 cm³/mol. The standard InChI is InChI=1S/C18H25N3O5/c22-17(19-8-10-21-9-2-12-25-18(21)23)20-14-4-6-15(7-5-14)26-13-16-3-1-11-24-16/h4-7,16H,1-3,8-13H2,(H2,19,20,22)/t16-/m1/s1. The molecule has 2 fully saturated rings. The normalized spacial score (nSPS) is 19.8. The highest BCUT2D eigenvalue weighted by Crippen LogP contribution is 2.18. The second-order valence-electron chi connectivity index (χ2n) is 6.31. The van der Waals surface area contributed by atoms with Crippen LogP contribution in [0.3, 0.4) is 0 Å². The first-order chi connectivity index (χ1) is 12.7. The minimum atomic E-state index is -0.322. The summed E-state index contributed by atoms with van der Waals surface area (Å²) in [4.78, 5) is 25.0. The molecule has 0 spiro atoms. The van der Waals surface area contributed by atoms with E-state index in [0.717, 1.165) is 31.6 Å². The molecule has 0 saturated carbocycles. The molecule has 8 heteroatoms. The number of urea groups is 1. The molecule has 1 aromatic carbocycles. The van der Waals surface area contributed by atoms with E-state index < -0.39 is 0 Å². The smallest absolute Gasteiger partial charge is 0.409 e. The van der Waals surface area contributed by atoms with E-state index in [4.69, 9.17) is 14.2 Å². The van der Waals surface area contributed by atoms with Crippen molar-refractivity contribution in [1.82, 2.24) is 10.2 Å². The van der Waals surface area contributed by atoms with Gasteiger partial charge in [-0.25, -0.2) is 9.59 Å². The van der Waals surface area contributed by atoms with Crippen LogP contribution in [0.25, 0.3) is 0 Å². The Labute approximate surface area is 152 Å². The van der Waals surface area contributed by atoms with E-state index in [1.807, 2.05) is 12.1 Å². The van der Waals surface area contributed by atoms with Gasteiger partial charge in [-0.05, 0) is 43.5 Å². The molecular weight excluding hydrogens is 338 g/mol. The first kappa shape index (κ1) is 18.3. The van der Waals surface area contributed by atoms with Crippen LogP contribution in [0, 0.1) is 0 Å². The van der Waals surface area contributed by atoms with Crippen LogP contribution in [-0.4, -0.2) is 62.6 Å². The lowest BCUT2D eigenvalue weighted by Gasteiger charge is -2.26. The second kappa shape index (κ2) is 9.28. The lowest BCUT2D eigenvalue weighted by Crippen LogP contribution is -2.43. The van der Waals surface area contributed by atoms with Crippen molar-refractivity contribution in [2.75, 3.05) is 44.8 Å². The van der Waals surface area contributed by atoms with Gasteiger partial charge in [-0.15, -0.1) is 0 Å². The summed E-state index contributed by atoms with van der Waals surface area (Å²) in [5.74, 6) is 0.745. The van der Waals surface area contributed by atoms with Crippen LogP contribution < -0.4 is 15.4 Å². The first-order valence-corrected chi connectivity index (χ1v) is 9.02. The third-order valence-electron chi connectivity index (χ3n) is 4.30. The van der Waals surface area contributed by atoms with Crippen molar-refractivity contribution in [3.05, 3.63) is 24.3 Å². The SMILES string of the molecule is O=C(NCCN1CCCOC1=O)Nc1ccc(OC[C@H]2CCCO2)cc1. The van der Waals surface area contributed by atoms with Crippen molar-refractivity contribution >= 4 is 17.8 Å². The van der Waals surface area contributed by atoms with Gasteiger partial charge < -0.3 is 29.7 Å². The Morgan fingerprint density at radius 1 is 1.23 bits per heavy atom. The number of benzene rings is 1. The topological polar surface area (TPSA) is 89.1 Å². The lowest BCUT2D eigenvalue weighted by atomic mass is 10.2. The molecule has 0 bridgehead atoms. The zero-order valence-electron chi connectivity index (χ0n) is 14.7. The van der Waals surface area contributed by atoms with Gasteiger partial charge in [0.1, 0.15) is 12.4 Å². The van der Waals surface area contributed by atoms with Gasteiger partial charge >= 0.3 is 12.1 Å². The summed E-state index contributed by atoms with van der Waals surface area (Å²) in [6, 6.07) is 6.88. The Balaban J connectivity index is 1.35. The van der Waals surface area contributed by atoms with E-state index in [1.54, 1.807) is 17.0 Å². The molecular formula is C18H25N3O5. The van der Waals surface area contributed by atoms with Crippen molar-refractivity contribution in [1.29, 1.82) is 0 Å². The summed E-state index contributed by atoms with van der Waals surface area (Å²) in [6.07, 6.45) is 2.80. The molecule has 26 heavy (non-hydrogen) atoms. The number of ether oxygens (including phenoxy) is 3. The quantitative estimate of drug-likeness (QED) is 0.775. The lowest BCUT2D eigenvalue weighted by molar-refractivity contribution is 0.0679. The van der Waals surface area contributed by atoms with Gasteiger partial charge in [-0.1, -0.05) is 0 Å². The minimum absolute atomic E-state index is 0.177. The van der Waals surface area contributed by atoms with Crippen molar-refractivity contribution < 1.29 is 23.8 Å². The Morgan fingerprint density at radius 2 is 2.08 bits per heavy atom. The predicted octanol–water partition coefficient (Wildman–Crippen LogP) is 2.21. The maximum atomic E-state index is 11.9. The fraction of sp³-hybridized carbons (Fsp3) is 0.556. The summed E-state index contributed by atoms with van der Waals surface area (Å²) in [5, 5.41) is 5.48. The van der Waals surface area contributed by atoms with Gasteiger partial charge in [0.2, 0.25) is 0 Å². The third kappa shape index (κ3) is 5.52. The fourth-order valence-electron chi connectivity index (χ4n) is 2.88. The van der Waals surface area contributed by atoms with Crippen LogP contribution in [0.5, 0.6) is 5.75 Å². The van der Waals surface area contributed by atoms with Gasteiger partial charge in [0.05, 0.1) is 12.7 Å². The summed E-state index contributed by atoms with van der Waals surface area (Å²) in [7, 11) is 0. The molecule has 3 rings (SSSR count). The highest BCUT2D eigenvalue weighted by molar-refractivity contribution is 5.89. The van der Waals surface area contributed by atoms with Crippen molar-refractivity contribution in [3.63, 3.8) is 0 Å². The second-order valence-corrected chi connectivity index (χ2v) is 6.31. The number of anilines is 1. The fourth-order valence-corrected chi connectivity index (χ4v) is 2.88. The Kier molecular flexibility index (Phi) is 6.54. The molecule has 3 amide bonds. The molecule has 0 aromatic heterocycles. The number of cyclic esters (lactones) is 1. The summed E-state index contributed by atoms with van der Waals surface area (Å²) < 4.78 is 16.2. The number of carbonyl (C=O) groups excluding carboxylic acids is 2. The molecule has 2 aliphatic heterocycles. The van der Waals surface area contributed by atoms with E-state index >= 15 is 0 Å². The first-order valence-electron chi connectivity index (χ1n) is 9.02. The maximum Gasteiger partial charge on any atom is 0.409 e. The number of rotatable bonds is 7. The molecule has 0 radical (unpaired) electrons. The average Bonchev–Trinajstić information content (AvgIpc) is 3.16. The van der Waals surface area contributed by atoms with Gasteiger partial charge in [0, 0.05) is 31.9 Å². The molecule has 8 nitrogen and oxygen atoms in total. The van der Waals surface area contributed by atoms with Gasteiger partial charge in [-0.2, -0.15) is 0 Å². The van der Waals surface area contributed by atoms with Crippen molar-refractivity contribution in [3.8, 4) is 5.75 Å². The molecule has 0 unspecified atom stereocenters. The largest absolute Gasteiger partial charge is 0.491 e. The van der Waals surface area contributed by atoms with E-state index in [9.17, 15) is 9.59 Å². The number of hydrogen-bond donors (Lipinski definition) is 2. The third-order valence-corrected chi connectivity index (χ3v) is 4.30. The van der Waals surface area contributed by atoms with E-state index in [0.29, 0.717) is 38.5 Å². The van der Waals surface area contributed by atoms with Gasteiger partial charge in [-0.3, -0.25) is 0 Å². The molecule has 0 aliphatic carbocycles. The van der Waals surface area contributed by atoms with Crippen LogP contribution in [-0.2, 0) is 9.47 Å².